The van der Waals surface area contributed by atoms with Crippen molar-refractivity contribution in [2.24, 2.45) is 0 Å². The first-order chi connectivity index (χ1) is 10.6. The summed E-state index contributed by atoms with van der Waals surface area (Å²) in [6, 6.07) is 7.73. The van der Waals surface area contributed by atoms with Gasteiger partial charge in [0, 0.05) is 32.7 Å². The van der Waals surface area contributed by atoms with E-state index in [0.29, 0.717) is 26.4 Å². The zero-order valence-corrected chi connectivity index (χ0v) is 14.7. The SMILES string of the molecule is CN1CCN(C[C@H](O)COCCOc2ccccc2Br)CC1. The molecule has 0 unspecified atom stereocenters. The number of aliphatic hydroxyl groups excluding tert-OH is 1. The zero-order valence-electron chi connectivity index (χ0n) is 13.1. The molecule has 1 fully saturated rings. The van der Waals surface area contributed by atoms with Crippen molar-refractivity contribution in [3.8, 4) is 5.75 Å². The van der Waals surface area contributed by atoms with Crippen LogP contribution in [0.25, 0.3) is 0 Å². The minimum Gasteiger partial charge on any atom is -0.490 e. The molecule has 0 saturated carbocycles. The number of β-amino-alcohol motifs (C(OH)–C–C–N with tert-alkyl or cyclic N) is 1. The molecule has 1 aromatic carbocycles. The minimum absolute atomic E-state index is 0.353. The smallest absolute Gasteiger partial charge is 0.133 e. The van der Waals surface area contributed by atoms with Crippen LogP contribution in [0.4, 0.5) is 0 Å². The quantitative estimate of drug-likeness (QED) is 0.699. The molecule has 22 heavy (non-hydrogen) atoms. The van der Waals surface area contributed by atoms with Crippen LogP contribution in [0.3, 0.4) is 0 Å². The number of para-hydroxylation sites is 1. The van der Waals surface area contributed by atoms with Crippen molar-refractivity contribution in [2.45, 2.75) is 6.10 Å². The predicted molar refractivity (Wildman–Crippen MR) is 90.4 cm³/mol. The van der Waals surface area contributed by atoms with Gasteiger partial charge in [-0.05, 0) is 35.1 Å². The Morgan fingerprint density at radius 3 is 2.64 bits per heavy atom. The Hall–Kier alpha value is -0.660. The van der Waals surface area contributed by atoms with E-state index in [4.69, 9.17) is 9.47 Å². The molecule has 0 aromatic heterocycles. The third kappa shape index (κ3) is 6.22. The third-order valence-corrected chi connectivity index (χ3v) is 4.35. The second-order valence-electron chi connectivity index (χ2n) is 5.61. The molecule has 124 valence electrons. The summed E-state index contributed by atoms with van der Waals surface area (Å²) in [6.45, 7) is 6.13. The summed E-state index contributed by atoms with van der Waals surface area (Å²) >= 11 is 3.43. The standard InChI is InChI=1S/C16H25BrN2O3/c1-18-6-8-19(9-7-18)12-14(20)13-21-10-11-22-16-5-3-2-4-15(16)17/h2-5,14,20H,6-13H2,1H3/t14-/m0/s1. The van der Waals surface area contributed by atoms with Crippen molar-refractivity contribution < 1.29 is 14.6 Å². The monoisotopic (exact) mass is 372 g/mol. The normalized spacial score (nSPS) is 18.3. The molecule has 1 saturated heterocycles. The third-order valence-electron chi connectivity index (χ3n) is 3.70. The molecule has 5 nitrogen and oxygen atoms in total. The van der Waals surface area contributed by atoms with E-state index >= 15 is 0 Å². The van der Waals surface area contributed by atoms with Gasteiger partial charge in [-0.25, -0.2) is 0 Å². The second kappa shape index (κ2) is 9.47. The summed E-state index contributed by atoms with van der Waals surface area (Å²) < 4.78 is 12.0. The fourth-order valence-corrected chi connectivity index (χ4v) is 2.77. The average Bonchev–Trinajstić information content (AvgIpc) is 2.51. The van der Waals surface area contributed by atoms with Crippen LogP contribution in [0.2, 0.25) is 0 Å². The summed E-state index contributed by atoms with van der Waals surface area (Å²) in [5, 5.41) is 10.00. The number of ether oxygens (including phenoxy) is 2. The van der Waals surface area contributed by atoms with E-state index in [-0.39, 0.29) is 0 Å². The zero-order chi connectivity index (χ0) is 15.8. The Morgan fingerprint density at radius 1 is 1.18 bits per heavy atom. The summed E-state index contributed by atoms with van der Waals surface area (Å²) in [5.74, 6) is 0.809. The van der Waals surface area contributed by atoms with Gasteiger partial charge in [-0.2, -0.15) is 0 Å². The van der Waals surface area contributed by atoms with E-state index < -0.39 is 6.10 Å². The van der Waals surface area contributed by atoms with E-state index in [0.717, 1.165) is 36.4 Å². The lowest BCUT2D eigenvalue weighted by Gasteiger charge is -2.33. The lowest BCUT2D eigenvalue weighted by Crippen LogP contribution is -2.47. The molecule has 1 atom stereocenters. The number of likely N-dealkylation sites (N-methyl/N-ethyl adjacent to an activating group) is 1. The summed E-state index contributed by atoms with van der Waals surface area (Å²) in [6.07, 6.45) is -0.438. The van der Waals surface area contributed by atoms with Gasteiger partial charge in [0.15, 0.2) is 0 Å². The van der Waals surface area contributed by atoms with Gasteiger partial charge in [-0.3, -0.25) is 4.90 Å². The average molecular weight is 373 g/mol. The topological polar surface area (TPSA) is 45.2 Å². The van der Waals surface area contributed by atoms with Gasteiger partial charge in [-0.15, -0.1) is 0 Å². The number of hydrogen-bond acceptors (Lipinski definition) is 5. The molecule has 0 spiro atoms. The minimum atomic E-state index is -0.438. The van der Waals surface area contributed by atoms with Gasteiger partial charge in [0.2, 0.25) is 0 Å². The van der Waals surface area contributed by atoms with Crippen molar-refractivity contribution >= 4 is 15.9 Å². The molecule has 0 amide bonds. The number of nitrogens with zero attached hydrogens (tertiary/aromatic N) is 2. The number of aliphatic hydroxyl groups is 1. The van der Waals surface area contributed by atoms with E-state index in [9.17, 15) is 5.11 Å². The van der Waals surface area contributed by atoms with Crippen molar-refractivity contribution in [1.29, 1.82) is 0 Å². The van der Waals surface area contributed by atoms with Gasteiger partial charge in [0.1, 0.15) is 12.4 Å². The highest BCUT2D eigenvalue weighted by Gasteiger charge is 2.16. The first-order valence-electron chi connectivity index (χ1n) is 7.69. The van der Waals surface area contributed by atoms with E-state index in [1.54, 1.807) is 0 Å². The Morgan fingerprint density at radius 2 is 1.91 bits per heavy atom. The molecular weight excluding hydrogens is 348 g/mol. The number of benzene rings is 1. The molecule has 1 aliphatic rings. The number of halogens is 1. The Balaban J connectivity index is 1.54. The van der Waals surface area contributed by atoms with Gasteiger partial charge >= 0.3 is 0 Å². The highest BCUT2D eigenvalue weighted by Crippen LogP contribution is 2.23. The van der Waals surface area contributed by atoms with Crippen LogP contribution in [0.5, 0.6) is 5.75 Å². The molecule has 1 aliphatic heterocycles. The molecule has 0 radical (unpaired) electrons. The van der Waals surface area contributed by atoms with E-state index in [2.05, 4.69) is 32.8 Å². The van der Waals surface area contributed by atoms with Crippen LogP contribution in [0.15, 0.2) is 28.7 Å². The summed E-state index contributed by atoms with van der Waals surface area (Å²) in [4.78, 5) is 4.59. The van der Waals surface area contributed by atoms with Crippen LogP contribution >= 0.6 is 15.9 Å². The van der Waals surface area contributed by atoms with Crippen LogP contribution < -0.4 is 4.74 Å². The number of rotatable bonds is 8. The first kappa shape index (κ1) is 17.7. The van der Waals surface area contributed by atoms with Crippen molar-refractivity contribution in [3.05, 3.63) is 28.7 Å². The van der Waals surface area contributed by atoms with Crippen LogP contribution in [-0.2, 0) is 4.74 Å². The van der Waals surface area contributed by atoms with Crippen molar-refractivity contribution in [1.82, 2.24) is 9.80 Å². The van der Waals surface area contributed by atoms with Gasteiger partial charge in [-0.1, -0.05) is 12.1 Å². The molecule has 6 heteroatoms. The number of hydrogen-bond donors (Lipinski definition) is 1. The lowest BCUT2D eigenvalue weighted by molar-refractivity contribution is 0.00144. The fraction of sp³-hybridized carbons (Fsp3) is 0.625. The maximum atomic E-state index is 10.00. The maximum absolute atomic E-state index is 10.00. The lowest BCUT2D eigenvalue weighted by atomic mass is 10.3. The Bertz CT molecular complexity index is 439. The Kier molecular flexibility index (Phi) is 7.62. The molecule has 1 aromatic rings. The van der Waals surface area contributed by atoms with Crippen molar-refractivity contribution in [2.75, 3.05) is 59.6 Å². The molecule has 1 N–H and O–H groups in total. The largest absolute Gasteiger partial charge is 0.490 e. The first-order valence-corrected chi connectivity index (χ1v) is 8.48. The van der Waals surface area contributed by atoms with Gasteiger partial charge < -0.3 is 19.5 Å². The van der Waals surface area contributed by atoms with Crippen LogP contribution in [0.1, 0.15) is 0 Å². The van der Waals surface area contributed by atoms with Crippen molar-refractivity contribution in [3.63, 3.8) is 0 Å². The molecule has 0 aliphatic carbocycles. The Labute approximate surface area is 140 Å². The van der Waals surface area contributed by atoms with Crippen LogP contribution in [-0.4, -0.2) is 80.6 Å². The fourth-order valence-electron chi connectivity index (χ4n) is 2.37. The summed E-state index contributed by atoms with van der Waals surface area (Å²) in [5.41, 5.74) is 0. The van der Waals surface area contributed by atoms with E-state index in [1.165, 1.54) is 0 Å². The highest BCUT2D eigenvalue weighted by molar-refractivity contribution is 9.10. The van der Waals surface area contributed by atoms with Gasteiger partial charge in [0.25, 0.3) is 0 Å². The van der Waals surface area contributed by atoms with E-state index in [1.807, 2.05) is 24.3 Å². The molecule has 1 heterocycles. The highest BCUT2D eigenvalue weighted by atomic mass is 79.9. The predicted octanol–water partition coefficient (Wildman–Crippen LogP) is 1.45. The summed E-state index contributed by atoms with van der Waals surface area (Å²) in [7, 11) is 2.13. The molecule has 2 rings (SSSR count). The number of piperazine rings is 1. The second-order valence-corrected chi connectivity index (χ2v) is 6.47. The van der Waals surface area contributed by atoms with Crippen LogP contribution in [0, 0.1) is 0 Å². The molecular formula is C16H25BrN2O3. The molecule has 0 bridgehead atoms. The van der Waals surface area contributed by atoms with Gasteiger partial charge in [0.05, 0.1) is 23.8 Å². The maximum Gasteiger partial charge on any atom is 0.133 e.